The number of anilines is 1. The largest absolute Gasteiger partial charge is 0.349 e. The normalized spacial score (nSPS) is 16.1. The Balaban J connectivity index is 2.05. The molecule has 0 saturated heterocycles. The van der Waals surface area contributed by atoms with Crippen LogP contribution < -0.4 is 10.8 Å². The Kier molecular flexibility index (Phi) is 4.80. The molecule has 1 aromatic carbocycles. The number of nitrogens with one attached hydrogen (secondary N) is 2. The molecule has 0 spiro atoms. The Morgan fingerprint density at radius 2 is 2.05 bits per heavy atom. The van der Waals surface area contributed by atoms with Crippen LogP contribution in [0, 0.1) is 0 Å². The van der Waals surface area contributed by atoms with Gasteiger partial charge < -0.3 is 5.32 Å². The molecule has 1 amide bonds. The SMILES string of the molecule is CCc1cc(C(=O)NC2CCCCC2)ccc1NO. The number of amides is 1. The Morgan fingerprint density at radius 3 is 2.68 bits per heavy atom. The van der Waals surface area contributed by atoms with Crippen LogP contribution in [0.4, 0.5) is 5.69 Å². The second-order valence-electron chi connectivity index (χ2n) is 5.15. The number of carbonyl (C=O) groups excluding carboxylic acids is 1. The summed E-state index contributed by atoms with van der Waals surface area (Å²) < 4.78 is 0. The minimum atomic E-state index is -0.00825. The molecule has 19 heavy (non-hydrogen) atoms. The van der Waals surface area contributed by atoms with Crippen LogP contribution in [0.2, 0.25) is 0 Å². The molecule has 3 N–H and O–H groups in total. The van der Waals surface area contributed by atoms with Gasteiger partial charge in [-0.2, -0.15) is 0 Å². The first kappa shape index (κ1) is 13.9. The van der Waals surface area contributed by atoms with E-state index in [1.165, 1.54) is 19.3 Å². The molecular weight excluding hydrogens is 240 g/mol. The molecule has 1 aliphatic carbocycles. The first-order valence-corrected chi connectivity index (χ1v) is 7.08. The molecule has 1 aliphatic rings. The van der Waals surface area contributed by atoms with E-state index in [2.05, 4.69) is 10.8 Å². The Morgan fingerprint density at radius 1 is 1.32 bits per heavy atom. The fraction of sp³-hybridized carbons (Fsp3) is 0.533. The summed E-state index contributed by atoms with van der Waals surface area (Å²) in [6, 6.07) is 5.66. The highest BCUT2D eigenvalue weighted by molar-refractivity contribution is 5.95. The van der Waals surface area contributed by atoms with Crippen molar-refractivity contribution in [1.29, 1.82) is 0 Å². The number of aryl methyl sites for hydroxylation is 1. The van der Waals surface area contributed by atoms with Crippen LogP contribution in [0.3, 0.4) is 0 Å². The number of rotatable bonds is 4. The van der Waals surface area contributed by atoms with Crippen LogP contribution in [0.5, 0.6) is 0 Å². The van der Waals surface area contributed by atoms with Gasteiger partial charge in [0, 0.05) is 11.6 Å². The molecule has 0 bridgehead atoms. The van der Waals surface area contributed by atoms with E-state index in [4.69, 9.17) is 5.21 Å². The standard InChI is InChI=1S/C15H22N2O2/c1-2-11-10-12(8-9-14(11)17-19)15(18)16-13-6-4-3-5-7-13/h8-10,13,17,19H,2-7H2,1H3,(H,16,18). The highest BCUT2D eigenvalue weighted by Gasteiger charge is 2.17. The van der Waals surface area contributed by atoms with Gasteiger partial charge in [0.2, 0.25) is 0 Å². The molecule has 0 radical (unpaired) electrons. The van der Waals surface area contributed by atoms with Crippen LogP contribution in [-0.4, -0.2) is 17.2 Å². The molecule has 2 rings (SSSR count). The van der Waals surface area contributed by atoms with Crippen molar-refractivity contribution in [3.63, 3.8) is 0 Å². The quantitative estimate of drug-likeness (QED) is 0.731. The second kappa shape index (κ2) is 6.57. The topological polar surface area (TPSA) is 61.4 Å². The van der Waals surface area contributed by atoms with Crippen molar-refractivity contribution >= 4 is 11.6 Å². The van der Waals surface area contributed by atoms with E-state index in [1.807, 2.05) is 13.0 Å². The molecule has 104 valence electrons. The van der Waals surface area contributed by atoms with Gasteiger partial charge in [-0.25, -0.2) is 0 Å². The van der Waals surface area contributed by atoms with Gasteiger partial charge in [-0.05, 0) is 43.0 Å². The third kappa shape index (κ3) is 3.47. The zero-order valence-corrected chi connectivity index (χ0v) is 11.4. The van der Waals surface area contributed by atoms with E-state index in [1.54, 1.807) is 12.1 Å². The summed E-state index contributed by atoms with van der Waals surface area (Å²) in [6.07, 6.45) is 6.64. The summed E-state index contributed by atoms with van der Waals surface area (Å²) in [4.78, 5) is 12.2. The van der Waals surface area contributed by atoms with Crippen LogP contribution >= 0.6 is 0 Å². The molecule has 0 atom stereocenters. The monoisotopic (exact) mass is 262 g/mol. The molecule has 0 aromatic heterocycles. The summed E-state index contributed by atoms with van der Waals surface area (Å²) in [5.74, 6) is -0.00825. The van der Waals surface area contributed by atoms with E-state index in [9.17, 15) is 4.79 Å². The van der Waals surface area contributed by atoms with Gasteiger partial charge in [-0.15, -0.1) is 0 Å². The predicted molar refractivity (Wildman–Crippen MR) is 75.6 cm³/mol. The summed E-state index contributed by atoms with van der Waals surface area (Å²) in [5.41, 5.74) is 4.44. The van der Waals surface area contributed by atoms with Crippen molar-refractivity contribution in [2.24, 2.45) is 0 Å². The average Bonchev–Trinajstić information content (AvgIpc) is 2.47. The lowest BCUT2D eigenvalue weighted by Gasteiger charge is -2.23. The first-order valence-electron chi connectivity index (χ1n) is 7.08. The third-order valence-electron chi connectivity index (χ3n) is 3.81. The van der Waals surface area contributed by atoms with Gasteiger partial charge in [0.25, 0.3) is 5.91 Å². The smallest absolute Gasteiger partial charge is 0.251 e. The number of benzene rings is 1. The lowest BCUT2D eigenvalue weighted by molar-refractivity contribution is 0.0927. The fourth-order valence-electron chi connectivity index (χ4n) is 2.65. The van der Waals surface area contributed by atoms with Crippen LogP contribution in [0.1, 0.15) is 54.9 Å². The van der Waals surface area contributed by atoms with Gasteiger partial charge in [0.15, 0.2) is 0 Å². The van der Waals surface area contributed by atoms with Gasteiger partial charge in [-0.1, -0.05) is 26.2 Å². The van der Waals surface area contributed by atoms with Gasteiger partial charge >= 0.3 is 0 Å². The molecule has 1 saturated carbocycles. The third-order valence-corrected chi connectivity index (χ3v) is 3.81. The van der Waals surface area contributed by atoms with Crippen LogP contribution in [-0.2, 0) is 6.42 Å². The Labute approximate surface area is 114 Å². The van der Waals surface area contributed by atoms with Crippen molar-refractivity contribution < 1.29 is 10.0 Å². The predicted octanol–water partition coefficient (Wildman–Crippen LogP) is 3.11. The first-order chi connectivity index (χ1) is 9.24. The van der Waals surface area contributed by atoms with E-state index in [-0.39, 0.29) is 5.91 Å². The van der Waals surface area contributed by atoms with Gasteiger partial charge in [0.1, 0.15) is 0 Å². The second-order valence-corrected chi connectivity index (χ2v) is 5.15. The zero-order valence-electron chi connectivity index (χ0n) is 11.4. The van der Waals surface area contributed by atoms with Crippen molar-refractivity contribution in [3.8, 4) is 0 Å². The maximum absolute atomic E-state index is 12.2. The maximum Gasteiger partial charge on any atom is 0.251 e. The summed E-state index contributed by atoms with van der Waals surface area (Å²) >= 11 is 0. The highest BCUT2D eigenvalue weighted by Crippen LogP contribution is 2.20. The number of hydrogen-bond acceptors (Lipinski definition) is 3. The van der Waals surface area contributed by atoms with Gasteiger partial charge in [0.05, 0.1) is 5.69 Å². The molecule has 4 nitrogen and oxygen atoms in total. The number of carbonyl (C=O) groups is 1. The Hall–Kier alpha value is -1.55. The van der Waals surface area contributed by atoms with Crippen molar-refractivity contribution in [2.45, 2.75) is 51.5 Å². The molecule has 1 fully saturated rings. The van der Waals surface area contributed by atoms with Crippen LogP contribution in [0.15, 0.2) is 18.2 Å². The van der Waals surface area contributed by atoms with E-state index in [0.29, 0.717) is 17.3 Å². The summed E-state index contributed by atoms with van der Waals surface area (Å²) in [7, 11) is 0. The lowest BCUT2D eigenvalue weighted by atomic mass is 9.95. The lowest BCUT2D eigenvalue weighted by Crippen LogP contribution is -2.36. The Bertz CT molecular complexity index is 440. The molecule has 0 heterocycles. The molecule has 1 aromatic rings. The highest BCUT2D eigenvalue weighted by atomic mass is 16.5. The van der Waals surface area contributed by atoms with E-state index >= 15 is 0 Å². The molecular formula is C15H22N2O2. The fourth-order valence-corrected chi connectivity index (χ4v) is 2.65. The van der Waals surface area contributed by atoms with Crippen molar-refractivity contribution in [3.05, 3.63) is 29.3 Å². The zero-order chi connectivity index (χ0) is 13.7. The number of hydrogen-bond donors (Lipinski definition) is 3. The van der Waals surface area contributed by atoms with Crippen LogP contribution in [0.25, 0.3) is 0 Å². The van der Waals surface area contributed by atoms with Gasteiger partial charge in [-0.3, -0.25) is 15.5 Å². The van der Waals surface area contributed by atoms with Crippen molar-refractivity contribution in [1.82, 2.24) is 5.32 Å². The maximum atomic E-state index is 12.2. The van der Waals surface area contributed by atoms with E-state index in [0.717, 1.165) is 24.8 Å². The summed E-state index contributed by atoms with van der Waals surface area (Å²) in [6.45, 7) is 2.00. The molecule has 4 heteroatoms. The van der Waals surface area contributed by atoms with Crippen molar-refractivity contribution in [2.75, 3.05) is 5.48 Å². The van der Waals surface area contributed by atoms with E-state index < -0.39 is 0 Å². The summed E-state index contributed by atoms with van der Waals surface area (Å²) in [5, 5.41) is 12.1. The molecule has 0 unspecified atom stereocenters. The average molecular weight is 262 g/mol. The minimum absolute atomic E-state index is 0.00825. The minimum Gasteiger partial charge on any atom is -0.349 e. The molecule has 0 aliphatic heterocycles.